The van der Waals surface area contributed by atoms with Crippen LogP contribution >= 0.6 is 0 Å². The molecular formula is C23H20N6O. The van der Waals surface area contributed by atoms with Crippen LogP contribution in [0.15, 0.2) is 67.1 Å². The van der Waals surface area contributed by atoms with E-state index in [1.165, 1.54) is 0 Å². The molecule has 0 radical (unpaired) electrons. The van der Waals surface area contributed by atoms with Crippen LogP contribution in [0.2, 0.25) is 0 Å². The maximum absolute atomic E-state index is 13.0. The van der Waals surface area contributed by atoms with E-state index in [0.717, 1.165) is 39.2 Å². The first kappa shape index (κ1) is 18.1. The van der Waals surface area contributed by atoms with E-state index in [1.807, 2.05) is 73.4 Å². The number of benzene rings is 1. The van der Waals surface area contributed by atoms with E-state index in [1.54, 1.807) is 10.6 Å². The number of nitrogens with one attached hydrogen (secondary N) is 1. The summed E-state index contributed by atoms with van der Waals surface area (Å²) in [5.74, 6) is -0.212. The van der Waals surface area contributed by atoms with Gasteiger partial charge < -0.3 is 5.32 Å². The summed E-state index contributed by atoms with van der Waals surface area (Å²) in [6.45, 7) is 4.54. The lowest BCUT2D eigenvalue weighted by molar-refractivity contribution is 0.102. The fourth-order valence-corrected chi connectivity index (χ4v) is 3.70. The number of nitrogens with zero attached hydrogens (tertiary/aromatic N) is 5. The highest BCUT2D eigenvalue weighted by molar-refractivity contribution is 6.08. The Kier molecular flexibility index (Phi) is 4.28. The molecule has 148 valence electrons. The van der Waals surface area contributed by atoms with Crippen molar-refractivity contribution in [1.82, 2.24) is 24.1 Å². The van der Waals surface area contributed by atoms with Crippen molar-refractivity contribution >= 4 is 28.1 Å². The Bertz CT molecular complexity index is 1380. The van der Waals surface area contributed by atoms with Crippen LogP contribution in [0, 0.1) is 13.8 Å². The highest BCUT2D eigenvalue weighted by Gasteiger charge is 2.16. The normalized spacial score (nSPS) is 11.3. The zero-order valence-electron chi connectivity index (χ0n) is 16.7. The van der Waals surface area contributed by atoms with Crippen LogP contribution in [0.1, 0.15) is 27.4 Å². The summed E-state index contributed by atoms with van der Waals surface area (Å²) in [5, 5.41) is 8.68. The first-order valence-electron chi connectivity index (χ1n) is 9.71. The number of carbonyl (C=O) groups excluding carboxylic acids is 1. The van der Waals surface area contributed by atoms with Gasteiger partial charge in [-0.05, 0) is 49.7 Å². The molecular weight excluding hydrogens is 376 g/mol. The lowest BCUT2D eigenvalue weighted by Gasteiger charge is -2.08. The Hall–Kier alpha value is -4.00. The van der Waals surface area contributed by atoms with Gasteiger partial charge in [-0.3, -0.25) is 18.9 Å². The third kappa shape index (κ3) is 3.10. The van der Waals surface area contributed by atoms with Gasteiger partial charge in [0.2, 0.25) is 0 Å². The largest absolute Gasteiger partial charge is 0.320 e. The molecule has 0 aliphatic rings. The summed E-state index contributed by atoms with van der Waals surface area (Å²) in [5.41, 5.74) is 5.83. The highest BCUT2D eigenvalue weighted by Crippen LogP contribution is 2.27. The van der Waals surface area contributed by atoms with Crippen LogP contribution in [0.3, 0.4) is 0 Å². The number of hydrogen-bond donors (Lipinski definition) is 1. The lowest BCUT2D eigenvalue weighted by Crippen LogP contribution is -2.14. The number of aromatic nitrogens is 5. The molecule has 1 amide bonds. The predicted molar refractivity (Wildman–Crippen MR) is 116 cm³/mol. The second kappa shape index (κ2) is 7.11. The molecule has 4 aromatic heterocycles. The van der Waals surface area contributed by atoms with Crippen LogP contribution in [-0.2, 0) is 6.54 Å². The summed E-state index contributed by atoms with van der Waals surface area (Å²) >= 11 is 0. The quantitative estimate of drug-likeness (QED) is 0.498. The van der Waals surface area contributed by atoms with Gasteiger partial charge in [0.1, 0.15) is 11.3 Å². The van der Waals surface area contributed by atoms with Crippen molar-refractivity contribution in [3.63, 3.8) is 0 Å². The molecule has 0 unspecified atom stereocenters. The van der Waals surface area contributed by atoms with Crippen molar-refractivity contribution in [3.8, 4) is 0 Å². The minimum atomic E-state index is -0.212. The van der Waals surface area contributed by atoms with Crippen LogP contribution < -0.4 is 5.32 Å². The summed E-state index contributed by atoms with van der Waals surface area (Å²) < 4.78 is 3.72. The Labute approximate surface area is 173 Å². The standard InChI is InChI=1S/C23H20N6O/c1-15-9-10-17(12-24-15)14-29-19-7-5-6-18(22(19)16(2)27-29)26-23(30)20-13-25-21-8-3-4-11-28(20)21/h3-13H,14H2,1-2H3,(H,26,30). The fraction of sp³-hybridized carbons (Fsp3) is 0.130. The molecule has 0 saturated carbocycles. The molecule has 0 saturated heterocycles. The van der Waals surface area contributed by atoms with Gasteiger partial charge in [0.05, 0.1) is 29.6 Å². The second-order valence-electron chi connectivity index (χ2n) is 7.28. The van der Waals surface area contributed by atoms with Crippen molar-refractivity contribution in [1.29, 1.82) is 0 Å². The third-order valence-corrected chi connectivity index (χ3v) is 5.16. The predicted octanol–water partition coefficient (Wildman–Crippen LogP) is 4.00. The molecule has 1 N–H and O–H groups in total. The molecule has 0 bridgehead atoms. The monoisotopic (exact) mass is 396 g/mol. The summed E-state index contributed by atoms with van der Waals surface area (Å²) in [7, 11) is 0. The van der Waals surface area contributed by atoms with Gasteiger partial charge in [0.15, 0.2) is 0 Å². The van der Waals surface area contributed by atoms with E-state index in [4.69, 9.17) is 5.10 Å². The molecule has 5 aromatic rings. The van der Waals surface area contributed by atoms with E-state index in [0.29, 0.717) is 12.2 Å². The zero-order valence-corrected chi connectivity index (χ0v) is 16.7. The Morgan fingerprint density at radius 2 is 1.90 bits per heavy atom. The van der Waals surface area contributed by atoms with Gasteiger partial charge in [-0.15, -0.1) is 0 Å². The van der Waals surface area contributed by atoms with E-state index in [-0.39, 0.29) is 5.91 Å². The van der Waals surface area contributed by atoms with E-state index < -0.39 is 0 Å². The number of carbonyl (C=O) groups is 1. The Balaban J connectivity index is 1.50. The van der Waals surface area contributed by atoms with Crippen LogP contribution in [0.4, 0.5) is 5.69 Å². The molecule has 0 aliphatic heterocycles. The minimum Gasteiger partial charge on any atom is -0.320 e. The van der Waals surface area contributed by atoms with Crippen LogP contribution in [0.25, 0.3) is 16.6 Å². The zero-order chi connectivity index (χ0) is 20.7. The van der Waals surface area contributed by atoms with Gasteiger partial charge in [-0.25, -0.2) is 4.98 Å². The number of imidazole rings is 1. The van der Waals surface area contributed by atoms with Crippen molar-refractivity contribution < 1.29 is 4.79 Å². The van der Waals surface area contributed by atoms with E-state index >= 15 is 0 Å². The second-order valence-corrected chi connectivity index (χ2v) is 7.28. The average molecular weight is 396 g/mol. The number of fused-ring (bicyclic) bond motifs is 2. The number of pyridine rings is 2. The first-order valence-corrected chi connectivity index (χ1v) is 9.71. The molecule has 0 spiro atoms. The Morgan fingerprint density at radius 3 is 2.73 bits per heavy atom. The molecule has 7 heteroatoms. The molecule has 0 atom stereocenters. The summed E-state index contributed by atoms with van der Waals surface area (Å²) in [6, 6.07) is 15.5. The molecule has 5 rings (SSSR count). The van der Waals surface area contributed by atoms with Crippen molar-refractivity contribution in [2.75, 3.05) is 5.32 Å². The smallest absolute Gasteiger partial charge is 0.274 e. The first-order chi connectivity index (χ1) is 14.6. The maximum atomic E-state index is 13.0. The van der Waals surface area contributed by atoms with Gasteiger partial charge in [-0.2, -0.15) is 5.10 Å². The van der Waals surface area contributed by atoms with Gasteiger partial charge in [0, 0.05) is 23.5 Å². The number of anilines is 1. The van der Waals surface area contributed by atoms with E-state index in [2.05, 4.69) is 21.4 Å². The molecule has 4 heterocycles. The molecule has 30 heavy (non-hydrogen) atoms. The van der Waals surface area contributed by atoms with Crippen molar-refractivity contribution in [2.45, 2.75) is 20.4 Å². The topological polar surface area (TPSA) is 77.1 Å². The average Bonchev–Trinajstić information content (AvgIpc) is 3.32. The van der Waals surface area contributed by atoms with Gasteiger partial charge >= 0.3 is 0 Å². The third-order valence-electron chi connectivity index (χ3n) is 5.16. The maximum Gasteiger partial charge on any atom is 0.274 e. The number of rotatable bonds is 4. The number of aryl methyl sites for hydroxylation is 2. The lowest BCUT2D eigenvalue weighted by atomic mass is 10.1. The Morgan fingerprint density at radius 1 is 1.00 bits per heavy atom. The van der Waals surface area contributed by atoms with Crippen LogP contribution in [-0.4, -0.2) is 30.1 Å². The minimum absolute atomic E-state index is 0.212. The van der Waals surface area contributed by atoms with Gasteiger partial charge in [0.25, 0.3) is 5.91 Å². The summed E-state index contributed by atoms with van der Waals surface area (Å²) in [6.07, 6.45) is 5.29. The number of amides is 1. The van der Waals surface area contributed by atoms with Gasteiger partial charge in [-0.1, -0.05) is 18.2 Å². The molecule has 0 fully saturated rings. The fourth-order valence-electron chi connectivity index (χ4n) is 3.70. The molecule has 1 aromatic carbocycles. The molecule has 0 aliphatic carbocycles. The van der Waals surface area contributed by atoms with Crippen molar-refractivity contribution in [2.24, 2.45) is 0 Å². The van der Waals surface area contributed by atoms with E-state index in [9.17, 15) is 4.79 Å². The van der Waals surface area contributed by atoms with Crippen LogP contribution in [0.5, 0.6) is 0 Å². The molecule has 7 nitrogen and oxygen atoms in total. The summed E-state index contributed by atoms with van der Waals surface area (Å²) in [4.78, 5) is 21.6. The van der Waals surface area contributed by atoms with Crippen molar-refractivity contribution in [3.05, 3.63) is 89.8 Å². The SMILES string of the molecule is Cc1ccc(Cn2nc(C)c3c(NC(=O)c4cnc5ccccn45)cccc32)cn1. The highest BCUT2D eigenvalue weighted by atomic mass is 16.1. The number of hydrogen-bond acceptors (Lipinski definition) is 4.